The summed E-state index contributed by atoms with van der Waals surface area (Å²) >= 11 is 0. The first-order valence-corrected chi connectivity index (χ1v) is 13.0. The van der Waals surface area contributed by atoms with Gasteiger partial charge in [-0.15, -0.1) is 5.10 Å². The van der Waals surface area contributed by atoms with Crippen molar-refractivity contribution in [3.8, 4) is 28.5 Å². The lowest BCUT2D eigenvalue weighted by molar-refractivity contribution is -0.130. The number of Topliss-reactive ketones (excluding diaryl/α,β-unsaturated/α-hetero) is 1. The first-order valence-electron chi connectivity index (χ1n) is 13.0. The first-order chi connectivity index (χ1) is 17.8. The zero-order valence-electron chi connectivity index (χ0n) is 22.3. The molecule has 3 aromatic rings. The maximum atomic E-state index is 12.6. The minimum absolute atomic E-state index is 0.134. The number of aromatic nitrogens is 3. The lowest BCUT2D eigenvalue weighted by atomic mass is 10.1. The number of hydrogen-bond donors (Lipinski definition) is 0. The quantitative estimate of drug-likeness (QED) is 0.417. The summed E-state index contributed by atoms with van der Waals surface area (Å²) in [4.78, 5) is 33.3. The predicted octanol–water partition coefficient (Wildman–Crippen LogP) is 3.94. The number of ether oxygens (including phenoxy) is 1. The largest absolute Gasteiger partial charge is 0.497 e. The number of benzene rings is 2. The van der Waals surface area contributed by atoms with Gasteiger partial charge in [-0.05, 0) is 30.0 Å². The van der Waals surface area contributed by atoms with Crippen LogP contribution in [0.2, 0.25) is 0 Å². The van der Waals surface area contributed by atoms with Gasteiger partial charge in [0.1, 0.15) is 12.3 Å². The zero-order valence-corrected chi connectivity index (χ0v) is 22.3. The predicted molar refractivity (Wildman–Crippen MR) is 144 cm³/mol. The van der Waals surface area contributed by atoms with Gasteiger partial charge in [-0.1, -0.05) is 50.2 Å². The Morgan fingerprint density at radius 2 is 1.73 bits per heavy atom. The molecule has 37 heavy (non-hydrogen) atoms. The molecule has 0 saturated carbocycles. The van der Waals surface area contributed by atoms with Gasteiger partial charge >= 0.3 is 0 Å². The van der Waals surface area contributed by atoms with E-state index in [2.05, 4.69) is 17.0 Å². The van der Waals surface area contributed by atoms with Crippen LogP contribution >= 0.6 is 0 Å². The maximum absolute atomic E-state index is 12.6. The smallest absolute Gasteiger partial charge is 0.219 e. The Hall–Kier alpha value is -3.52. The van der Waals surface area contributed by atoms with E-state index < -0.39 is 0 Å². The van der Waals surface area contributed by atoms with Crippen molar-refractivity contribution in [2.45, 2.75) is 40.2 Å². The van der Waals surface area contributed by atoms with E-state index in [4.69, 9.17) is 14.8 Å². The third-order valence-electron chi connectivity index (χ3n) is 6.71. The number of nitrogens with zero attached hydrogens (tertiary/aromatic N) is 5. The topological polar surface area (TPSA) is 80.6 Å². The van der Waals surface area contributed by atoms with Gasteiger partial charge < -0.3 is 9.64 Å². The van der Waals surface area contributed by atoms with Crippen molar-refractivity contribution in [3.63, 3.8) is 0 Å². The summed E-state index contributed by atoms with van der Waals surface area (Å²) in [6.45, 7) is 10.3. The minimum atomic E-state index is 0.134. The van der Waals surface area contributed by atoms with E-state index in [1.807, 2.05) is 55.1 Å². The van der Waals surface area contributed by atoms with E-state index in [1.54, 1.807) is 18.7 Å². The molecule has 1 aliphatic heterocycles. The molecule has 0 atom stereocenters. The Morgan fingerprint density at radius 1 is 1.00 bits per heavy atom. The summed E-state index contributed by atoms with van der Waals surface area (Å²) in [5, 5.41) is 4.73. The highest BCUT2D eigenvalue weighted by atomic mass is 16.5. The summed E-state index contributed by atoms with van der Waals surface area (Å²) in [5.74, 6) is 2.57. The van der Waals surface area contributed by atoms with E-state index in [-0.39, 0.29) is 18.2 Å². The molecule has 0 unspecified atom stereocenters. The molecule has 2 heterocycles. The van der Waals surface area contributed by atoms with Crippen molar-refractivity contribution in [3.05, 3.63) is 54.1 Å². The molecule has 1 aromatic heterocycles. The normalized spacial score (nSPS) is 14.2. The summed E-state index contributed by atoms with van der Waals surface area (Å²) in [6.07, 6.45) is 1.45. The van der Waals surface area contributed by atoms with Gasteiger partial charge in [-0.25, -0.2) is 9.67 Å². The van der Waals surface area contributed by atoms with Crippen molar-refractivity contribution in [1.29, 1.82) is 0 Å². The molecule has 4 rings (SSSR count). The molecule has 0 aliphatic carbocycles. The van der Waals surface area contributed by atoms with E-state index in [0.717, 1.165) is 56.0 Å². The van der Waals surface area contributed by atoms with Gasteiger partial charge in [-0.2, -0.15) is 0 Å². The molecular weight excluding hydrogens is 466 g/mol. The summed E-state index contributed by atoms with van der Waals surface area (Å²) in [7, 11) is 1.63. The minimum Gasteiger partial charge on any atom is -0.497 e. The molecule has 0 bridgehead atoms. The average molecular weight is 504 g/mol. The Morgan fingerprint density at radius 3 is 2.38 bits per heavy atom. The highest BCUT2D eigenvalue weighted by Gasteiger charge is 2.19. The lowest BCUT2D eigenvalue weighted by Gasteiger charge is -2.34. The van der Waals surface area contributed by atoms with E-state index in [0.29, 0.717) is 24.0 Å². The lowest BCUT2D eigenvalue weighted by Crippen LogP contribution is -2.48. The summed E-state index contributed by atoms with van der Waals surface area (Å²) in [5.41, 5.74) is 3.02. The average Bonchev–Trinajstić information content (AvgIpc) is 3.31. The second-order valence-corrected chi connectivity index (χ2v) is 10.1. The van der Waals surface area contributed by atoms with E-state index in [9.17, 15) is 9.59 Å². The highest BCUT2D eigenvalue weighted by molar-refractivity contribution is 5.79. The molecule has 196 valence electrons. The van der Waals surface area contributed by atoms with Crippen LogP contribution in [0.1, 0.15) is 32.8 Å². The third kappa shape index (κ3) is 7.04. The molecule has 8 nitrogen and oxygen atoms in total. The molecule has 1 fully saturated rings. The monoisotopic (exact) mass is 503 g/mol. The first kappa shape index (κ1) is 26.5. The number of methoxy groups -OCH3 is 1. The third-order valence-corrected chi connectivity index (χ3v) is 6.71. The number of hydrogen-bond acceptors (Lipinski definition) is 6. The molecule has 0 radical (unpaired) electrons. The van der Waals surface area contributed by atoms with Crippen molar-refractivity contribution >= 4 is 11.7 Å². The fraction of sp³-hybridized carbons (Fsp3) is 0.448. The van der Waals surface area contributed by atoms with Crippen LogP contribution in [0.3, 0.4) is 0 Å². The van der Waals surface area contributed by atoms with Crippen molar-refractivity contribution < 1.29 is 14.3 Å². The second kappa shape index (κ2) is 12.1. The fourth-order valence-electron chi connectivity index (χ4n) is 4.63. The summed E-state index contributed by atoms with van der Waals surface area (Å²) in [6, 6.07) is 16.0. The Balaban J connectivity index is 1.48. The van der Waals surface area contributed by atoms with Gasteiger partial charge in [0.05, 0.1) is 7.11 Å². The molecule has 1 aliphatic rings. The van der Waals surface area contributed by atoms with Crippen molar-refractivity contribution in [2.24, 2.45) is 5.92 Å². The Labute approximate surface area is 219 Å². The standard InChI is InChI=1S/C29H37N5O3/c1-21(2)18-26(36)20-34-29(25-6-5-7-27(19-25)37-4)30-28(31-34)24-10-8-23(9-11-24)12-13-32-14-16-33(17-15-32)22(3)35/h5-11,19,21H,12-18,20H2,1-4H3. The Kier molecular flexibility index (Phi) is 8.71. The number of piperazine rings is 1. The van der Waals surface area contributed by atoms with Crippen LogP contribution in [0.15, 0.2) is 48.5 Å². The van der Waals surface area contributed by atoms with Crippen LogP contribution in [-0.4, -0.2) is 76.1 Å². The molecule has 0 spiro atoms. The SMILES string of the molecule is COc1cccc(-c2nc(-c3ccc(CCN4CCN(C(C)=O)CC4)cc3)nn2CC(=O)CC(C)C)c1. The zero-order chi connectivity index (χ0) is 26.4. The fourth-order valence-corrected chi connectivity index (χ4v) is 4.63. The van der Waals surface area contributed by atoms with Crippen LogP contribution in [0.4, 0.5) is 0 Å². The van der Waals surface area contributed by atoms with Crippen LogP contribution in [0.5, 0.6) is 5.75 Å². The van der Waals surface area contributed by atoms with Crippen LogP contribution < -0.4 is 4.74 Å². The van der Waals surface area contributed by atoms with Crippen LogP contribution in [-0.2, 0) is 22.6 Å². The number of amides is 1. The second-order valence-electron chi connectivity index (χ2n) is 10.1. The Bertz CT molecular complexity index is 1210. The molecule has 2 aromatic carbocycles. The molecule has 0 N–H and O–H groups in total. The molecule has 1 saturated heterocycles. The molecule has 1 amide bonds. The van der Waals surface area contributed by atoms with Crippen molar-refractivity contribution in [1.82, 2.24) is 24.6 Å². The van der Waals surface area contributed by atoms with Crippen molar-refractivity contribution in [2.75, 3.05) is 39.8 Å². The number of carbonyl (C=O) groups excluding carboxylic acids is 2. The molecular formula is C29H37N5O3. The highest BCUT2D eigenvalue weighted by Crippen LogP contribution is 2.26. The van der Waals surface area contributed by atoms with Crippen LogP contribution in [0.25, 0.3) is 22.8 Å². The summed E-state index contributed by atoms with van der Waals surface area (Å²) < 4.78 is 7.10. The van der Waals surface area contributed by atoms with Gasteiger partial charge in [0.15, 0.2) is 17.4 Å². The molecule has 8 heteroatoms. The maximum Gasteiger partial charge on any atom is 0.219 e. The van der Waals surface area contributed by atoms with Gasteiger partial charge in [0.25, 0.3) is 0 Å². The van der Waals surface area contributed by atoms with Gasteiger partial charge in [-0.3, -0.25) is 14.5 Å². The van der Waals surface area contributed by atoms with E-state index in [1.165, 1.54) is 5.56 Å². The van der Waals surface area contributed by atoms with Gasteiger partial charge in [0.2, 0.25) is 5.91 Å². The van der Waals surface area contributed by atoms with Gasteiger partial charge in [0, 0.05) is 57.2 Å². The number of carbonyl (C=O) groups is 2. The number of rotatable bonds is 10. The van der Waals surface area contributed by atoms with E-state index >= 15 is 0 Å². The number of ketones is 1. The van der Waals surface area contributed by atoms with Crippen LogP contribution in [0, 0.1) is 5.92 Å².